The molecule has 14 heavy (non-hydrogen) atoms. The van der Waals surface area contributed by atoms with Crippen molar-refractivity contribution in [3.8, 4) is 6.07 Å². The van der Waals surface area contributed by atoms with Gasteiger partial charge in [-0.15, -0.1) is 22.9 Å². The fourth-order valence-corrected chi connectivity index (χ4v) is 2.66. The molecule has 0 radical (unpaired) electrons. The molecule has 0 aliphatic heterocycles. The molecule has 1 nitrogen and oxygen atoms in total. The molecular weight excluding hydrogens is 221 g/mol. The van der Waals surface area contributed by atoms with Crippen molar-refractivity contribution in [3.05, 3.63) is 34.5 Å². The molecule has 0 saturated carbocycles. The molecule has 0 unspecified atom stereocenters. The maximum atomic E-state index is 13.5. The summed E-state index contributed by atoms with van der Waals surface area (Å²) in [5, 5.41) is 11.0. The second kappa shape index (κ2) is 3.56. The SMILES string of the molecule is N#Cc1cc(F)c2c(CCl)csc2c1. The number of benzene rings is 1. The highest BCUT2D eigenvalue weighted by atomic mass is 35.5. The van der Waals surface area contributed by atoms with Crippen LogP contribution in [0.3, 0.4) is 0 Å². The van der Waals surface area contributed by atoms with Crippen molar-refractivity contribution in [1.82, 2.24) is 0 Å². The van der Waals surface area contributed by atoms with Gasteiger partial charge in [-0.05, 0) is 23.1 Å². The quantitative estimate of drug-likeness (QED) is 0.680. The van der Waals surface area contributed by atoms with Gasteiger partial charge in [-0.2, -0.15) is 5.26 Å². The van der Waals surface area contributed by atoms with Crippen LogP contribution in [-0.4, -0.2) is 0 Å². The zero-order valence-corrected chi connectivity index (χ0v) is 8.62. The Balaban J connectivity index is 2.80. The average Bonchev–Trinajstić information content (AvgIpc) is 2.61. The summed E-state index contributed by atoms with van der Waals surface area (Å²) in [5.41, 5.74) is 1.13. The van der Waals surface area contributed by atoms with Gasteiger partial charge in [-0.25, -0.2) is 4.39 Å². The summed E-state index contributed by atoms with van der Waals surface area (Å²) in [6.45, 7) is 0. The van der Waals surface area contributed by atoms with Crippen LogP contribution >= 0.6 is 22.9 Å². The van der Waals surface area contributed by atoms with Crippen molar-refractivity contribution in [2.24, 2.45) is 0 Å². The van der Waals surface area contributed by atoms with Gasteiger partial charge in [0.1, 0.15) is 5.82 Å². The van der Waals surface area contributed by atoms with Crippen molar-refractivity contribution >= 4 is 33.0 Å². The summed E-state index contributed by atoms with van der Waals surface area (Å²) >= 11 is 7.07. The maximum Gasteiger partial charge on any atom is 0.133 e. The van der Waals surface area contributed by atoms with Gasteiger partial charge in [-0.1, -0.05) is 0 Å². The first-order chi connectivity index (χ1) is 6.76. The summed E-state index contributed by atoms with van der Waals surface area (Å²) < 4.78 is 14.3. The highest BCUT2D eigenvalue weighted by Gasteiger charge is 2.09. The van der Waals surface area contributed by atoms with E-state index in [-0.39, 0.29) is 5.82 Å². The largest absolute Gasteiger partial charge is 0.206 e. The van der Waals surface area contributed by atoms with Gasteiger partial charge >= 0.3 is 0 Å². The molecule has 1 aromatic carbocycles. The Kier molecular flexibility index (Phi) is 2.40. The van der Waals surface area contributed by atoms with E-state index in [1.807, 2.05) is 11.4 Å². The number of hydrogen-bond acceptors (Lipinski definition) is 2. The lowest BCUT2D eigenvalue weighted by atomic mass is 10.1. The molecule has 0 bridgehead atoms. The first kappa shape index (κ1) is 9.45. The molecule has 1 aromatic heterocycles. The zero-order chi connectivity index (χ0) is 10.1. The first-order valence-corrected chi connectivity index (χ1v) is 5.33. The zero-order valence-electron chi connectivity index (χ0n) is 7.05. The molecule has 0 amide bonds. The lowest BCUT2D eigenvalue weighted by Gasteiger charge is -1.96. The minimum absolute atomic E-state index is 0.294. The van der Waals surface area contributed by atoms with E-state index in [0.717, 1.165) is 10.3 Å². The highest BCUT2D eigenvalue weighted by molar-refractivity contribution is 7.17. The van der Waals surface area contributed by atoms with E-state index >= 15 is 0 Å². The van der Waals surface area contributed by atoms with Gasteiger partial charge in [0.25, 0.3) is 0 Å². The average molecular weight is 226 g/mol. The minimum atomic E-state index is -0.365. The van der Waals surface area contributed by atoms with Crippen LogP contribution in [0.25, 0.3) is 10.1 Å². The summed E-state index contributed by atoms with van der Waals surface area (Å²) in [6, 6.07) is 4.84. The van der Waals surface area contributed by atoms with Crippen LogP contribution in [-0.2, 0) is 5.88 Å². The Hall–Kier alpha value is -1.11. The number of nitrogens with zero attached hydrogens (tertiary/aromatic N) is 1. The van der Waals surface area contributed by atoms with E-state index in [1.54, 1.807) is 6.07 Å². The molecule has 0 atom stereocenters. The maximum absolute atomic E-state index is 13.5. The monoisotopic (exact) mass is 225 g/mol. The van der Waals surface area contributed by atoms with E-state index in [2.05, 4.69) is 0 Å². The molecule has 0 aliphatic rings. The van der Waals surface area contributed by atoms with Crippen LogP contribution in [0.5, 0.6) is 0 Å². The smallest absolute Gasteiger partial charge is 0.133 e. The van der Waals surface area contributed by atoms with Crippen LogP contribution in [0.4, 0.5) is 4.39 Å². The van der Waals surface area contributed by atoms with Gasteiger partial charge in [0.2, 0.25) is 0 Å². The lowest BCUT2D eigenvalue weighted by Crippen LogP contribution is -1.82. The van der Waals surface area contributed by atoms with Gasteiger partial charge in [0, 0.05) is 16.0 Å². The number of alkyl halides is 1. The normalized spacial score (nSPS) is 10.4. The molecule has 2 aromatic rings. The topological polar surface area (TPSA) is 23.8 Å². The second-order valence-corrected chi connectivity index (χ2v) is 4.02. The van der Waals surface area contributed by atoms with Gasteiger partial charge in [-0.3, -0.25) is 0 Å². The molecule has 70 valence electrons. The van der Waals surface area contributed by atoms with E-state index in [9.17, 15) is 4.39 Å². The van der Waals surface area contributed by atoms with Gasteiger partial charge in [0.15, 0.2) is 0 Å². The third-order valence-corrected chi connectivity index (χ3v) is 3.24. The Morgan fingerprint density at radius 2 is 2.29 bits per heavy atom. The third-order valence-electron chi connectivity index (χ3n) is 1.98. The number of thiophene rings is 1. The van der Waals surface area contributed by atoms with Crippen LogP contribution in [0, 0.1) is 17.1 Å². The predicted molar refractivity (Wildman–Crippen MR) is 56.1 cm³/mol. The summed E-state index contributed by atoms with van der Waals surface area (Å²) in [6.07, 6.45) is 0. The van der Waals surface area contributed by atoms with Crippen LogP contribution in [0.15, 0.2) is 17.5 Å². The fraction of sp³-hybridized carbons (Fsp3) is 0.100. The van der Waals surface area contributed by atoms with E-state index in [1.165, 1.54) is 17.4 Å². The summed E-state index contributed by atoms with van der Waals surface area (Å²) in [7, 11) is 0. The van der Waals surface area contributed by atoms with Gasteiger partial charge in [0.05, 0.1) is 11.6 Å². The number of fused-ring (bicyclic) bond motifs is 1. The Morgan fingerprint density at radius 3 is 2.93 bits per heavy atom. The molecule has 1 heterocycles. The number of rotatable bonds is 1. The van der Waals surface area contributed by atoms with E-state index in [4.69, 9.17) is 16.9 Å². The molecule has 0 spiro atoms. The summed E-state index contributed by atoms with van der Waals surface area (Å²) in [5.74, 6) is -0.0704. The van der Waals surface area contributed by atoms with Crippen molar-refractivity contribution in [1.29, 1.82) is 5.26 Å². The summed E-state index contributed by atoms with van der Waals surface area (Å²) in [4.78, 5) is 0. The lowest BCUT2D eigenvalue weighted by molar-refractivity contribution is 0.639. The van der Waals surface area contributed by atoms with Crippen LogP contribution < -0.4 is 0 Å². The third kappa shape index (κ3) is 1.37. The Bertz CT molecular complexity index is 527. The Morgan fingerprint density at radius 1 is 1.50 bits per heavy atom. The minimum Gasteiger partial charge on any atom is -0.206 e. The predicted octanol–water partition coefficient (Wildman–Crippen LogP) is 3.65. The molecule has 2 rings (SSSR count). The van der Waals surface area contributed by atoms with Crippen molar-refractivity contribution in [2.75, 3.05) is 0 Å². The highest BCUT2D eigenvalue weighted by Crippen LogP contribution is 2.30. The molecular formula is C10H5ClFNS. The van der Waals surface area contributed by atoms with E-state index < -0.39 is 0 Å². The molecule has 0 fully saturated rings. The van der Waals surface area contributed by atoms with Crippen LogP contribution in [0.1, 0.15) is 11.1 Å². The molecule has 4 heteroatoms. The van der Waals surface area contributed by atoms with Crippen LogP contribution in [0.2, 0.25) is 0 Å². The van der Waals surface area contributed by atoms with E-state index in [0.29, 0.717) is 16.8 Å². The standard InChI is InChI=1S/C10H5ClFNS/c11-3-7-5-14-9-2-6(4-13)1-8(12)10(7)9/h1-2,5H,3H2. The fourth-order valence-electron chi connectivity index (χ4n) is 1.34. The molecule has 0 saturated heterocycles. The first-order valence-electron chi connectivity index (χ1n) is 3.92. The van der Waals surface area contributed by atoms with Crippen molar-refractivity contribution in [3.63, 3.8) is 0 Å². The molecule has 0 N–H and O–H groups in total. The Labute approximate surface area is 89.3 Å². The van der Waals surface area contributed by atoms with Gasteiger partial charge < -0.3 is 0 Å². The number of nitriles is 1. The number of hydrogen-bond donors (Lipinski definition) is 0. The second-order valence-electron chi connectivity index (χ2n) is 2.84. The molecule has 0 aliphatic carbocycles. The van der Waals surface area contributed by atoms with Crippen molar-refractivity contribution in [2.45, 2.75) is 5.88 Å². The number of halogens is 2. The van der Waals surface area contributed by atoms with Crippen molar-refractivity contribution < 1.29 is 4.39 Å².